The summed E-state index contributed by atoms with van der Waals surface area (Å²) >= 11 is 3.61. The first-order chi connectivity index (χ1) is 14.1. The van der Waals surface area contributed by atoms with Crippen LogP contribution in [0.1, 0.15) is 28.4 Å². The van der Waals surface area contributed by atoms with E-state index in [-0.39, 0.29) is 0 Å². The summed E-state index contributed by atoms with van der Waals surface area (Å²) in [6, 6.07) is 21.8. The van der Waals surface area contributed by atoms with Crippen LogP contribution >= 0.6 is 15.9 Å². The van der Waals surface area contributed by atoms with Crippen molar-refractivity contribution in [1.82, 2.24) is 5.32 Å². The first-order valence-electron chi connectivity index (χ1n) is 9.56. The Bertz CT molecular complexity index is 931. The molecule has 0 saturated heterocycles. The predicted molar refractivity (Wildman–Crippen MR) is 119 cm³/mol. The van der Waals surface area contributed by atoms with Gasteiger partial charge in [-0.25, -0.2) is 0 Å². The van der Waals surface area contributed by atoms with Crippen molar-refractivity contribution in [2.24, 2.45) is 0 Å². The molecule has 0 aliphatic rings. The van der Waals surface area contributed by atoms with Crippen LogP contribution in [0.4, 0.5) is 0 Å². The van der Waals surface area contributed by atoms with Crippen molar-refractivity contribution in [3.63, 3.8) is 0 Å². The third kappa shape index (κ3) is 5.82. The van der Waals surface area contributed by atoms with E-state index in [1.165, 1.54) is 5.56 Å². The molecule has 3 rings (SSSR count). The molecule has 0 saturated carbocycles. The zero-order chi connectivity index (χ0) is 20.6. The van der Waals surface area contributed by atoms with Gasteiger partial charge in [0, 0.05) is 13.1 Å². The van der Waals surface area contributed by atoms with Crippen LogP contribution in [0.15, 0.2) is 71.2 Å². The molecule has 0 spiro atoms. The van der Waals surface area contributed by atoms with Gasteiger partial charge in [-0.3, -0.25) is 0 Å². The number of aliphatic hydroxyl groups excluding tert-OH is 1. The van der Waals surface area contributed by atoms with E-state index in [0.29, 0.717) is 31.2 Å². The molecule has 1 unspecified atom stereocenters. The zero-order valence-electron chi connectivity index (χ0n) is 16.7. The molecule has 0 aliphatic carbocycles. The van der Waals surface area contributed by atoms with Crippen molar-refractivity contribution in [2.75, 3.05) is 13.7 Å². The monoisotopic (exact) mass is 455 g/mol. The van der Waals surface area contributed by atoms with E-state index in [0.717, 1.165) is 21.2 Å². The van der Waals surface area contributed by atoms with Gasteiger partial charge in [-0.05, 0) is 57.2 Å². The van der Waals surface area contributed by atoms with Gasteiger partial charge in [0.2, 0.25) is 0 Å². The number of methoxy groups -OCH3 is 1. The molecular formula is C24H26BrNO3. The lowest BCUT2D eigenvalue weighted by molar-refractivity contribution is 0.174. The molecule has 3 aromatic rings. The lowest BCUT2D eigenvalue weighted by Gasteiger charge is -2.16. The maximum Gasteiger partial charge on any atom is 0.175 e. The van der Waals surface area contributed by atoms with Crippen molar-refractivity contribution in [2.45, 2.75) is 26.2 Å². The lowest BCUT2D eigenvalue weighted by atomic mass is 10.1. The summed E-state index contributed by atoms with van der Waals surface area (Å²) < 4.78 is 12.4. The standard InChI is InChI=1S/C24H26BrNO3/c1-17-8-6-7-11-20(17)16-29-24-21(25)12-18(13-23(24)28-2)14-26-15-22(27)19-9-4-3-5-10-19/h3-13,22,26-27H,14-16H2,1-2H3. The van der Waals surface area contributed by atoms with E-state index >= 15 is 0 Å². The van der Waals surface area contributed by atoms with Gasteiger partial charge in [-0.15, -0.1) is 0 Å². The minimum atomic E-state index is -0.543. The number of aryl methyl sites for hydroxylation is 1. The fourth-order valence-electron chi connectivity index (χ4n) is 3.08. The van der Waals surface area contributed by atoms with Crippen molar-refractivity contribution in [3.05, 3.63) is 93.5 Å². The van der Waals surface area contributed by atoms with Crippen molar-refractivity contribution in [1.29, 1.82) is 0 Å². The molecule has 0 amide bonds. The normalized spacial score (nSPS) is 11.9. The Morgan fingerprint density at radius 2 is 1.76 bits per heavy atom. The Balaban J connectivity index is 1.62. The van der Waals surface area contributed by atoms with Crippen molar-refractivity contribution >= 4 is 15.9 Å². The van der Waals surface area contributed by atoms with Crippen LogP contribution in [-0.4, -0.2) is 18.8 Å². The first kappa shape index (κ1) is 21.4. The van der Waals surface area contributed by atoms with Crippen LogP contribution in [0.25, 0.3) is 0 Å². The van der Waals surface area contributed by atoms with E-state index in [1.807, 2.05) is 54.6 Å². The lowest BCUT2D eigenvalue weighted by Crippen LogP contribution is -2.21. The third-order valence-electron chi connectivity index (χ3n) is 4.77. The average molecular weight is 456 g/mol. The van der Waals surface area contributed by atoms with Crippen LogP contribution in [-0.2, 0) is 13.2 Å². The molecule has 5 heteroatoms. The van der Waals surface area contributed by atoms with Crippen LogP contribution in [0.5, 0.6) is 11.5 Å². The summed E-state index contributed by atoms with van der Waals surface area (Å²) in [6.07, 6.45) is -0.543. The second kappa shape index (κ2) is 10.4. The van der Waals surface area contributed by atoms with Gasteiger partial charge in [0.1, 0.15) is 6.61 Å². The smallest absolute Gasteiger partial charge is 0.175 e. The molecule has 0 aromatic heterocycles. The van der Waals surface area contributed by atoms with E-state index in [1.54, 1.807) is 7.11 Å². The molecule has 0 aliphatic heterocycles. The van der Waals surface area contributed by atoms with Gasteiger partial charge >= 0.3 is 0 Å². The van der Waals surface area contributed by atoms with E-state index < -0.39 is 6.10 Å². The number of benzene rings is 3. The van der Waals surface area contributed by atoms with Gasteiger partial charge in [-0.1, -0.05) is 54.6 Å². The molecule has 0 fully saturated rings. The van der Waals surface area contributed by atoms with Gasteiger partial charge in [0.05, 0.1) is 17.7 Å². The highest BCUT2D eigenvalue weighted by molar-refractivity contribution is 9.10. The molecule has 152 valence electrons. The molecule has 4 nitrogen and oxygen atoms in total. The minimum absolute atomic E-state index is 0.468. The predicted octanol–water partition coefficient (Wildman–Crippen LogP) is 5.17. The maximum atomic E-state index is 10.3. The van der Waals surface area contributed by atoms with Crippen molar-refractivity contribution in [3.8, 4) is 11.5 Å². The second-order valence-electron chi connectivity index (χ2n) is 6.88. The van der Waals surface area contributed by atoms with E-state index in [2.05, 4.69) is 40.3 Å². The number of hydrogen-bond donors (Lipinski definition) is 2. The van der Waals surface area contributed by atoms with Gasteiger partial charge in [-0.2, -0.15) is 0 Å². The van der Waals surface area contributed by atoms with Gasteiger partial charge in [0.25, 0.3) is 0 Å². The Hall–Kier alpha value is -2.34. The number of halogens is 1. The van der Waals surface area contributed by atoms with E-state index in [4.69, 9.17) is 9.47 Å². The molecule has 3 aromatic carbocycles. The topological polar surface area (TPSA) is 50.7 Å². The summed E-state index contributed by atoms with van der Waals surface area (Å²) in [5, 5.41) is 13.6. The van der Waals surface area contributed by atoms with Crippen LogP contribution in [0, 0.1) is 6.92 Å². The fourth-order valence-corrected chi connectivity index (χ4v) is 3.69. The molecule has 1 atom stereocenters. The summed E-state index contributed by atoms with van der Waals surface area (Å²) in [4.78, 5) is 0. The number of ether oxygens (including phenoxy) is 2. The van der Waals surface area contributed by atoms with Crippen LogP contribution in [0.2, 0.25) is 0 Å². The Kier molecular flexibility index (Phi) is 7.69. The van der Waals surface area contributed by atoms with Crippen molar-refractivity contribution < 1.29 is 14.6 Å². The number of rotatable bonds is 9. The average Bonchev–Trinajstić information content (AvgIpc) is 2.74. The van der Waals surface area contributed by atoms with E-state index in [9.17, 15) is 5.11 Å². The fraction of sp³-hybridized carbons (Fsp3) is 0.250. The summed E-state index contributed by atoms with van der Waals surface area (Å²) in [5.41, 5.74) is 4.28. The summed E-state index contributed by atoms with van der Waals surface area (Å²) in [6.45, 7) is 3.62. The highest BCUT2D eigenvalue weighted by Crippen LogP contribution is 2.37. The highest BCUT2D eigenvalue weighted by Gasteiger charge is 2.13. The van der Waals surface area contributed by atoms with Crippen LogP contribution < -0.4 is 14.8 Å². The van der Waals surface area contributed by atoms with Gasteiger partial charge < -0.3 is 19.9 Å². The third-order valence-corrected chi connectivity index (χ3v) is 5.36. The maximum absolute atomic E-state index is 10.3. The zero-order valence-corrected chi connectivity index (χ0v) is 18.3. The van der Waals surface area contributed by atoms with Gasteiger partial charge in [0.15, 0.2) is 11.5 Å². The first-order valence-corrected chi connectivity index (χ1v) is 10.3. The number of aliphatic hydroxyl groups is 1. The highest BCUT2D eigenvalue weighted by atomic mass is 79.9. The molecular weight excluding hydrogens is 430 g/mol. The molecule has 2 N–H and O–H groups in total. The number of hydrogen-bond acceptors (Lipinski definition) is 4. The largest absolute Gasteiger partial charge is 0.493 e. The minimum Gasteiger partial charge on any atom is -0.493 e. The molecule has 0 heterocycles. The Labute approximate surface area is 180 Å². The summed E-state index contributed by atoms with van der Waals surface area (Å²) in [7, 11) is 1.64. The molecule has 0 bridgehead atoms. The Morgan fingerprint density at radius 1 is 1.03 bits per heavy atom. The number of nitrogens with one attached hydrogen (secondary N) is 1. The Morgan fingerprint density at radius 3 is 2.48 bits per heavy atom. The molecule has 0 radical (unpaired) electrons. The second-order valence-corrected chi connectivity index (χ2v) is 7.74. The van der Waals surface area contributed by atoms with Crippen LogP contribution in [0.3, 0.4) is 0 Å². The SMILES string of the molecule is COc1cc(CNCC(O)c2ccccc2)cc(Br)c1OCc1ccccc1C. The summed E-state index contributed by atoms with van der Waals surface area (Å²) in [5.74, 6) is 1.36. The molecule has 29 heavy (non-hydrogen) atoms. The quantitative estimate of drug-likeness (QED) is 0.467.